The van der Waals surface area contributed by atoms with Gasteiger partial charge in [0.25, 0.3) is 0 Å². The molecule has 6 aromatic heterocycles. The van der Waals surface area contributed by atoms with Crippen LogP contribution in [0.4, 0.5) is 0 Å². The maximum atomic E-state index is 5.72. The van der Waals surface area contributed by atoms with E-state index in [-0.39, 0.29) is 0 Å². The van der Waals surface area contributed by atoms with E-state index in [9.17, 15) is 0 Å². The van der Waals surface area contributed by atoms with Crippen LogP contribution >= 0.6 is 0 Å². The Kier molecular flexibility index (Phi) is 12.2. The first-order valence-electron chi connectivity index (χ1n) is 36.8. The largest absolute Gasteiger partial charge is 0.309 e. The second-order valence-electron chi connectivity index (χ2n) is 28.6. The summed E-state index contributed by atoms with van der Waals surface area (Å²) >= 11 is 0. The summed E-state index contributed by atoms with van der Waals surface area (Å²) in [6.07, 6.45) is 0. The summed E-state index contributed by atoms with van der Waals surface area (Å²) in [6, 6.07) is 126. The number of hydrogen-bond donors (Lipinski definition) is 0. The van der Waals surface area contributed by atoms with Crippen molar-refractivity contribution in [3.63, 3.8) is 0 Å². The molecule has 108 heavy (non-hydrogen) atoms. The molecule has 2 aliphatic rings. The third kappa shape index (κ3) is 8.43. The van der Waals surface area contributed by atoms with Gasteiger partial charge in [-0.2, -0.15) is 9.97 Å². The zero-order chi connectivity index (χ0) is 70.4. The molecule has 0 bridgehead atoms. The number of aromatic nitrogens is 9. The lowest BCUT2D eigenvalue weighted by molar-refractivity contribution is 0.953. The second-order valence-corrected chi connectivity index (χ2v) is 28.6. The van der Waals surface area contributed by atoms with Crippen LogP contribution in [0, 0.1) is 0 Å². The minimum atomic E-state index is 0.566. The minimum absolute atomic E-state index is 0.566. The van der Waals surface area contributed by atoms with Crippen LogP contribution < -0.4 is 0 Å². The van der Waals surface area contributed by atoms with Gasteiger partial charge in [0.1, 0.15) is 0 Å². The number of rotatable bonds is 9. The molecule has 0 spiro atoms. The summed E-state index contributed by atoms with van der Waals surface area (Å²) < 4.78 is 9.47. The molecule has 0 fully saturated rings. The summed E-state index contributed by atoms with van der Waals surface area (Å²) in [7, 11) is 0. The number of fused-ring (bicyclic) bond motifs is 12. The topological polar surface area (TPSA) is 84.2 Å². The number of hydrogen-bond acceptors (Lipinski definition) is 5. The van der Waals surface area contributed by atoms with E-state index in [1.165, 1.54) is 104 Å². The zero-order valence-corrected chi connectivity index (χ0v) is 57.9. The fraction of sp³-hybridized carbons (Fsp3) is 0. The van der Waals surface area contributed by atoms with Gasteiger partial charge in [0.2, 0.25) is 11.9 Å². The Hall–Kier alpha value is -14.7. The van der Waals surface area contributed by atoms with Gasteiger partial charge in [-0.05, 0) is 174 Å². The first-order valence-corrected chi connectivity index (χ1v) is 36.8. The highest BCUT2D eigenvalue weighted by molar-refractivity contribution is 6.33. The molecule has 0 atom stereocenters. The number of benzene rings is 16. The van der Waals surface area contributed by atoms with E-state index in [0.29, 0.717) is 23.5 Å². The average Bonchev–Trinajstić information content (AvgIpc) is 1.54. The molecule has 22 aromatic rings. The van der Waals surface area contributed by atoms with Crippen LogP contribution in [0.5, 0.6) is 0 Å². The molecule has 9 heteroatoms. The number of para-hydroxylation sites is 3. The normalized spacial score (nSPS) is 12.3. The standard InChI is InChI=1S/C99H57N9/c1-6-23-58(24-7-1)80-57-81(101-98(100-80)107-83-43-21-40-72-76-55-88-78(68-37-16-17-42-82(68)105(88)66-33-12-4-13-34-66)53-74(76)70-38-19-29-59-46-49-85(107)94(90(59)70)92(72)83)65-32-18-31-63(51-65)64-45-48-69-79-54-75-71-39-20-30-60-47-50-86-95(91(60)71)93-73(77(75)56-89(79)106(87(69)52-64)67-35-14-5-15-36-67)41-22-44-84(93)108(86)99-103-96(61-25-8-2-9-26-61)102-97(104-99)62-27-10-3-11-28-62/h1-57H. The smallest absolute Gasteiger partial charge is 0.238 e. The van der Waals surface area contributed by atoms with Crippen molar-refractivity contribution < 1.29 is 0 Å². The van der Waals surface area contributed by atoms with Gasteiger partial charge in [-0.15, -0.1) is 0 Å². The molecule has 0 saturated carbocycles. The van der Waals surface area contributed by atoms with E-state index in [0.717, 1.165) is 106 Å². The van der Waals surface area contributed by atoms with Gasteiger partial charge < -0.3 is 9.13 Å². The van der Waals surface area contributed by atoms with Gasteiger partial charge in [-0.1, -0.05) is 249 Å². The SMILES string of the molecule is c1ccc(-c2cc(-c3cccc(-c4ccc5c6cc7c(cc6n(-c6ccccc6)c5c4)-c4cccc5c4c4c6c-7cccc6ccc4n5-c4nc(-c5ccccc5)nc(-c5ccccc5)n4)c3)nc(-n3c4cccc5c4c4c6c(cccc6ccc43)-c3cc4c6ccccc6n(-c6ccccc6)c4cc3-5)n2)cc1. The van der Waals surface area contributed by atoms with Crippen molar-refractivity contribution >= 4 is 109 Å². The lowest BCUT2D eigenvalue weighted by Crippen LogP contribution is -2.06. The van der Waals surface area contributed by atoms with Crippen molar-refractivity contribution in [3.8, 4) is 124 Å². The molecule has 0 aliphatic heterocycles. The van der Waals surface area contributed by atoms with Gasteiger partial charge in [0.05, 0.1) is 55.5 Å². The van der Waals surface area contributed by atoms with E-state index >= 15 is 0 Å². The van der Waals surface area contributed by atoms with Crippen molar-refractivity contribution in [3.05, 3.63) is 346 Å². The van der Waals surface area contributed by atoms with E-state index in [1.807, 2.05) is 36.4 Å². The molecular weight excluding hydrogens is 1320 g/mol. The predicted octanol–water partition coefficient (Wildman–Crippen LogP) is 25.0. The van der Waals surface area contributed by atoms with Gasteiger partial charge in [-0.3, -0.25) is 9.13 Å². The molecule has 2 aliphatic carbocycles. The Morgan fingerprint density at radius 2 is 0.565 bits per heavy atom. The zero-order valence-electron chi connectivity index (χ0n) is 57.9. The maximum Gasteiger partial charge on any atom is 0.238 e. The highest BCUT2D eigenvalue weighted by Crippen LogP contribution is 2.54. The van der Waals surface area contributed by atoms with Crippen LogP contribution in [0.1, 0.15) is 0 Å². The number of nitrogens with zero attached hydrogens (tertiary/aromatic N) is 9. The second kappa shape index (κ2) is 22.4. The molecule has 9 nitrogen and oxygen atoms in total. The molecule has 6 heterocycles. The fourth-order valence-corrected chi connectivity index (χ4v) is 18.2. The quantitative estimate of drug-likeness (QED) is 0.144. The highest BCUT2D eigenvalue weighted by atomic mass is 15.2. The Balaban J connectivity index is 0.679. The van der Waals surface area contributed by atoms with Gasteiger partial charge in [-0.25, -0.2) is 15.0 Å². The third-order valence-corrected chi connectivity index (χ3v) is 22.9. The van der Waals surface area contributed by atoms with Gasteiger partial charge in [0.15, 0.2) is 11.6 Å². The Labute approximate surface area is 618 Å². The van der Waals surface area contributed by atoms with Crippen LogP contribution in [-0.4, -0.2) is 43.2 Å². The maximum absolute atomic E-state index is 5.72. The van der Waals surface area contributed by atoms with Crippen molar-refractivity contribution in [2.75, 3.05) is 0 Å². The molecule has 498 valence electrons. The van der Waals surface area contributed by atoms with Crippen LogP contribution in [-0.2, 0) is 0 Å². The summed E-state index contributed by atoms with van der Waals surface area (Å²) in [5.74, 6) is 2.40. The van der Waals surface area contributed by atoms with Crippen LogP contribution in [0.2, 0.25) is 0 Å². The molecule has 24 rings (SSSR count). The van der Waals surface area contributed by atoms with Gasteiger partial charge in [0, 0.05) is 76.7 Å². The van der Waals surface area contributed by atoms with E-state index in [1.54, 1.807) is 0 Å². The highest BCUT2D eigenvalue weighted by Gasteiger charge is 2.31. The first kappa shape index (κ1) is 58.8. The predicted molar refractivity (Wildman–Crippen MR) is 444 cm³/mol. The first-order chi connectivity index (χ1) is 53.6. The van der Waals surface area contributed by atoms with E-state index < -0.39 is 0 Å². The molecular formula is C99H57N9. The van der Waals surface area contributed by atoms with E-state index in [4.69, 9.17) is 24.9 Å². The molecule has 0 N–H and O–H groups in total. The average molecular weight is 1370 g/mol. The molecule has 0 amide bonds. The molecule has 0 saturated heterocycles. The Bertz CT molecular complexity index is 7580. The summed E-state index contributed by atoms with van der Waals surface area (Å²) in [4.78, 5) is 27.1. The van der Waals surface area contributed by atoms with E-state index in [2.05, 4.69) is 328 Å². The molecule has 0 unspecified atom stereocenters. The van der Waals surface area contributed by atoms with Gasteiger partial charge >= 0.3 is 0 Å². The Morgan fingerprint density at radius 1 is 0.176 bits per heavy atom. The Morgan fingerprint density at radius 3 is 1.12 bits per heavy atom. The molecule has 0 radical (unpaired) electrons. The summed E-state index contributed by atoms with van der Waals surface area (Å²) in [6.45, 7) is 0. The van der Waals surface area contributed by atoms with Crippen LogP contribution in [0.15, 0.2) is 346 Å². The minimum Gasteiger partial charge on any atom is -0.309 e. The monoisotopic (exact) mass is 1370 g/mol. The van der Waals surface area contributed by atoms with Crippen LogP contribution in [0.25, 0.3) is 233 Å². The summed E-state index contributed by atoms with van der Waals surface area (Å²) in [5, 5.41) is 14.3. The lowest BCUT2D eigenvalue weighted by atomic mass is 9.91. The fourth-order valence-electron chi connectivity index (χ4n) is 18.2. The van der Waals surface area contributed by atoms with Crippen molar-refractivity contribution in [2.45, 2.75) is 0 Å². The van der Waals surface area contributed by atoms with Crippen molar-refractivity contribution in [2.24, 2.45) is 0 Å². The molecule has 16 aromatic carbocycles. The van der Waals surface area contributed by atoms with Crippen LogP contribution in [0.3, 0.4) is 0 Å². The van der Waals surface area contributed by atoms with Crippen molar-refractivity contribution in [1.29, 1.82) is 0 Å². The third-order valence-electron chi connectivity index (χ3n) is 22.9. The summed E-state index contributed by atoms with van der Waals surface area (Å²) in [5.41, 5.74) is 28.1. The van der Waals surface area contributed by atoms with Crippen molar-refractivity contribution in [1.82, 2.24) is 43.2 Å². The lowest BCUT2D eigenvalue weighted by Gasteiger charge is -2.16.